The summed E-state index contributed by atoms with van der Waals surface area (Å²) in [6.07, 6.45) is 0. The lowest BCUT2D eigenvalue weighted by molar-refractivity contribution is 1.61. The van der Waals surface area contributed by atoms with Crippen molar-refractivity contribution in [1.29, 1.82) is 0 Å². The summed E-state index contributed by atoms with van der Waals surface area (Å²) in [6.45, 7) is 0. The summed E-state index contributed by atoms with van der Waals surface area (Å²) in [4.78, 5) is 0. The van der Waals surface area contributed by atoms with Crippen molar-refractivity contribution in [2.75, 3.05) is 0 Å². The van der Waals surface area contributed by atoms with Gasteiger partial charge < -0.3 is 0 Å². The number of hydrogen-bond acceptors (Lipinski definition) is 0. The average Bonchev–Trinajstić information content (AvgIpc) is 2.19. The second-order valence-electron chi connectivity index (χ2n) is 2.89. The molecule has 2 aromatic carbocycles. The molecule has 0 aromatic heterocycles. The van der Waals surface area contributed by atoms with E-state index in [4.69, 9.17) is 23.2 Å². The van der Waals surface area contributed by atoms with Crippen LogP contribution in [-0.2, 0) is 0 Å². The summed E-state index contributed by atoms with van der Waals surface area (Å²) in [5, 5.41) is 1.34. The Labute approximate surface area is 93.1 Å². The Kier molecular flexibility index (Phi) is 2.76. The lowest BCUT2D eigenvalue weighted by Gasteiger charge is -2.05. The van der Waals surface area contributed by atoms with Crippen LogP contribution >= 0.6 is 23.2 Å². The quantitative estimate of drug-likeness (QED) is 0.668. The predicted octanol–water partition coefficient (Wildman–Crippen LogP) is 4.46. The molecule has 0 aliphatic rings. The van der Waals surface area contributed by atoms with Crippen molar-refractivity contribution in [3.05, 3.63) is 58.6 Å². The monoisotopic (exact) mass is 221 g/mol. The van der Waals surface area contributed by atoms with Gasteiger partial charge in [-0.2, -0.15) is 0 Å². The van der Waals surface area contributed by atoms with E-state index in [1.165, 1.54) is 0 Å². The highest BCUT2D eigenvalue weighted by Crippen LogP contribution is 2.33. The highest BCUT2D eigenvalue weighted by Gasteiger charge is 2.06. The molecule has 0 saturated heterocycles. The van der Waals surface area contributed by atoms with E-state index in [-0.39, 0.29) is 0 Å². The molecule has 0 spiro atoms. The van der Waals surface area contributed by atoms with Gasteiger partial charge in [0, 0.05) is 15.6 Å². The van der Waals surface area contributed by atoms with Crippen LogP contribution in [0.3, 0.4) is 0 Å². The Morgan fingerprint density at radius 3 is 2.00 bits per heavy atom. The van der Waals surface area contributed by atoms with Gasteiger partial charge in [-0.1, -0.05) is 53.5 Å². The minimum atomic E-state index is 0.670. The van der Waals surface area contributed by atoms with Crippen molar-refractivity contribution in [2.45, 2.75) is 0 Å². The zero-order valence-electron chi connectivity index (χ0n) is 7.30. The van der Waals surface area contributed by atoms with Crippen molar-refractivity contribution in [2.24, 2.45) is 0 Å². The highest BCUT2D eigenvalue weighted by molar-refractivity contribution is 6.39. The van der Waals surface area contributed by atoms with Gasteiger partial charge in [0.05, 0.1) is 0 Å². The summed E-state index contributed by atoms with van der Waals surface area (Å²) in [6, 6.07) is 16.0. The third kappa shape index (κ3) is 1.77. The molecule has 2 heteroatoms. The molecule has 0 saturated carbocycles. The Hall–Kier alpha value is -0.980. The molecule has 14 heavy (non-hydrogen) atoms. The third-order valence-electron chi connectivity index (χ3n) is 1.97. The van der Waals surface area contributed by atoms with Gasteiger partial charge in [-0.05, 0) is 23.8 Å². The predicted molar refractivity (Wildman–Crippen MR) is 60.7 cm³/mol. The standard InChI is InChI=1S/C12H7Cl2/c13-10-7-4-8-11(14)12(10)9-5-2-1-3-6-9/h2-8H. The highest BCUT2D eigenvalue weighted by atomic mass is 35.5. The van der Waals surface area contributed by atoms with Crippen molar-refractivity contribution in [1.82, 2.24) is 0 Å². The minimum absolute atomic E-state index is 0.670. The largest absolute Gasteiger partial charge is 0.0836 e. The Morgan fingerprint density at radius 1 is 0.857 bits per heavy atom. The average molecular weight is 222 g/mol. The molecule has 2 rings (SSSR count). The van der Waals surface area contributed by atoms with E-state index < -0.39 is 0 Å². The Balaban J connectivity index is 2.63. The molecule has 69 valence electrons. The van der Waals surface area contributed by atoms with Crippen molar-refractivity contribution >= 4 is 23.2 Å². The molecule has 0 bridgehead atoms. The van der Waals surface area contributed by atoms with E-state index in [1.54, 1.807) is 0 Å². The van der Waals surface area contributed by atoms with E-state index in [0.29, 0.717) is 10.0 Å². The van der Waals surface area contributed by atoms with Crippen LogP contribution in [-0.4, -0.2) is 0 Å². The summed E-state index contributed by atoms with van der Waals surface area (Å²) in [5.41, 5.74) is 1.89. The maximum absolute atomic E-state index is 6.07. The summed E-state index contributed by atoms with van der Waals surface area (Å²) < 4.78 is 0. The first-order valence-electron chi connectivity index (χ1n) is 4.19. The summed E-state index contributed by atoms with van der Waals surface area (Å²) in [5.74, 6) is 0. The molecule has 0 heterocycles. The molecular weight excluding hydrogens is 215 g/mol. The molecule has 0 N–H and O–H groups in total. The molecular formula is C12H7Cl2. The lowest BCUT2D eigenvalue weighted by atomic mass is 10.1. The molecule has 0 amide bonds. The van der Waals surface area contributed by atoms with E-state index in [0.717, 1.165) is 11.1 Å². The van der Waals surface area contributed by atoms with Gasteiger partial charge >= 0.3 is 0 Å². The van der Waals surface area contributed by atoms with Crippen LogP contribution in [0.25, 0.3) is 11.1 Å². The molecule has 0 unspecified atom stereocenters. The smallest absolute Gasteiger partial charge is 0.0499 e. The molecule has 0 fully saturated rings. The molecule has 1 radical (unpaired) electrons. The first-order chi connectivity index (χ1) is 6.79. The first kappa shape index (κ1) is 9.57. The van der Waals surface area contributed by atoms with Gasteiger partial charge in [0.2, 0.25) is 0 Å². The normalized spacial score (nSPS) is 10.1. The fraction of sp³-hybridized carbons (Fsp3) is 0. The van der Waals surface area contributed by atoms with Crippen molar-refractivity contribution in [3.8, 4) is 11.1 Å². The van der Waals surface area contributed by atoms with Crippen LogP contribution < -0.4 is 0 Å². The van der Waals surface area contributed by atoms with Crippen molar-refractivity contribution < 1.29 is 0 Å². The van der Waals surface area contributed by atoms with Gasteiger partial charge in [0.25, 0.3) is 0 Å². The minimum Gasteiger partial charge on any atom is -0.0836 e. The number of hydrogen-bond donors (Lipinski definition) is 0. The Bertz CT molecular complexity index is 415. The summed E-state index contributed by atoms with van der Waals surface area (Å²) >= 11 is 12.1. The molecule has 0 nitrogen and oxygen atoms in total. The second kappa shape index (κ2) is 4.04. The first-order valence-corrected chi connectivity index (χ1v) is 4.95. The van der Waals surface area contributed by atoms with E-state index in [1.807, 2.05) is 42.5 Å². The fourth-order valence-electron chi connectivity index (χ4n) is 1.33. The van der Waals surface area contributed by atoms with E-state index >= 15 is 0 Å². The maximum Gasteiger partial charge on any atom is 0.0499 e. The third-order valence-corrected chi connectivity index (χ3v) is 2.60. The Morgan fingerprint density at radius 2 is 1.43 bits per heavy atom. The van der Waals surface area contributed by atoms with Gasteiger partial charge in [0.15, 0.2) is 0 Å². The van der Waals surface area contributed by atoms with Gasteiger partial charge in [0.1, 0.15) is 0 Å². The van der Waals surface area contributed by atoms with Crippen molar-refractivity contribution in [3.63, 3.8) is 0 Å². The van der Waals surface area contributed by atoms with Crippen LogP contribution in [0.4, 0.5) is 0 Å². The van der Waals surface area contributed by atoms with E-state index in [9.17, 15) is 0 Å². The second-order valence-corrected chi connectivity index (χ2v) is 3.70. The zero-order chi connectivity index (χ0) is 9.97. The molecule has 2 aromatic rings. The maximum atomic E-state index is 6.07. The van der Waals surface area contributed by atoms with Crippen LogP contribution in [0, 0.1) is 6.07 Å². The lowest BCUT2D eigenvalue weighted by Crippen LogP contribution is -1.80. The fourth-order valence-corrected chi connectivity index (χ4v) is 1.94. The molecule has 0 aliphatic carbocycles. The number of rotatable bonds is 1. The number of halogens is 2. The van der Waals surface area contributed by atoms with Crippen LogP contribution in [0.15, 0.2) is 42.5 Å². The van der Waals surface area contributed by atoms with Crippen LogP contribution in [0.2, 0.25) is 10.0 Å². The van der Waals surface area contributed by atoms with Gasteiger partial charge in [-0.25, -0.2) is 0 Å². The van der Waals surface area contributed by atoms with Gasteiger partial charge in [-0.3, -0.25) is 0 Å². The zero-order valence-corrected chi connectivity index (χ0v) is 8.81. The van der Waals surface area contributed by atoms with E-state index in [2.05, 4.69) is 6.07 Å². The summed E-state index contributed by atoms with van der Waals surface area (Å²) in [7, 11) is 0. The molecule has 0 aliphatic heterocycles. The van der Waals surface area contributed by atoms with Gasteiger partial charge in [-0.15, -0.1) is 0 Å². The van der Waals surface area contributed by atoms with Crippen LogP contribution in [0.5, 0.6) is 0 Å². The topological polar surface area (TPSA) is 0 Å². The number of benzene rings is 2. The molecule has 0 atom stereocenters. The van der Waals surface area contributed by atoms with Crippen LogP contribution in [0.1, 0.15) is 0 Å². The SMILES string of the molecule is Clc1cccc(Cl)c1-c1cc[c]cc1.